The van der Waals surface area contributed by atoms with Crippen LogP contribution in [0.15, 0.2) is 34.7 Å². The summed E-state index contributed by atoms with van der Waals surface area (Å²) in [6, 6.07) is 6.86. The van der Waals surface area contributed by atoms with Crippen molar-refractivity contribution in [3.05, 3.63) is 51.5 Å². The highest BCUT2D eigenvalue weighted by Crippen LogP contribution is 2.26. The monoisotopic (exact) mass is 331 g/mol. The summed E-state index contributed by atoms with van der Waals surface area (Å²) in [5, 5.41) is 5.76. The van der Waals surface area contributed by atoms with Crippen LogP contribution in [0, 0.1) is 12.7 Å². The average molecular weight is 331 g/mol. The number of rotatable bonds is 4. The molecule has 4 nitrogen and oxygen atoms in total. The lowest BCUT2D eigenvalue weighted by Gasteiger charge is -2.19. The van der Waals surface area contributed by atoms with Crippen molar-refractivity contribution >= 4 is 29.1 Å². The van der Waals surface area contributed by atoms with Gasteiger partial charge in [0, 0.05) is 18.7 Å². The van der Waals surface area contributed by atoms with E-state index in [-0.39, 0.29) is 11.7 Å². The molecule has 0 radical (unpaired) electrons. The van der Waals surface area contributed by atoms with Gasteiger partial charge in [0.15, 0.2) is 0 Å². The lowest BCUT2D eigenvalue weighted by Crippen LogP contribution is -2.19. The number of anilines is 1. The van der Waals surface area contributed by atoms with Crippen LogP contribution < -0.4 is 10.3 Å². The lowest BCUT2D eigenvalue weighted by atomic mass is 10.1. The Morgan fingerprint density at radius 1 is 1.39 bits per heavy atom. The first-order valence-electron chi connectivity index (χ1n) is 7.57. The van der Waals surface area contributed by atoms with Crippen LogP contribution in [0.2, 0.25) is 0 Å². The Bertz CT molecular complexity index is 722. The maximum atomic E-state index is 14.3. The highest BCUT2D eigenvalue weighted by Gasteiger charge is 2.17. The Balaban J connectivity index is 1.71. The zero-order valence-electron chi connectivity index (χ0n) is 12.9. The van der Waals surface area contributed by atoms with Crippen LogP contribution in [0.1, 0.15) is 33.6 Å². The quantitative estimate of drug-likeness (QED) is 0.688. The number of aryl methyl sites for hydroxylation is 1. The van der Waals surface area contributed by atoms with Crippen molar-refractivity contribution in [1.82, 2.24) is 5.43 Å². The van der Waals surface area contributed by atoms with E-state index in [1.807, 2.05) is 18.4 Å². The molecule has 2 heterocycles. The fraction of sp³-hybridized carbons (Fsp3) is 0.294. The molecule has 120 valence electrons. The molecule has 1 fully saturated rings. The maximum absolute atomic E-state index is 14.3. The smallest absolute Gasteiger partial charge is 0.281 e. The van der Waals surface area contributed by atoms with Crippen LogP contribution in [0.3, 0.4) is 0 Å². The number of thiophene rings is 1. The Morgan fingerprint density at radius 3 is 2.87 bits per heavy atom. The predicted molar refractivity (Wildman–Crippen MR) is 92.0 cm³/mol. The van der Waals surface area contributed by atoms with Crippen LogP contribution in [0.4, 0.5) is 10.1 Å². The summed E-state index contributed by atoms with van der Waals surface area (Å²) in [4.78, 5) is 14.4. The van der Waals surface area contributed by atoms with Gasteiger partial charge in [-0.3, -0.25) is 4.79 Å². The molecule has 1 amide bonds. The number of amides is 1. The zero-order chi connectivity index (χ0) is 16.2. The van der Waals surface area contributed by atoms with Gasteiger partial charge in [-0.15, -0.1) is 11.3 Å². The minimum Gasteiger partial charge on any atom is -0.369 e. The molecule has 23 heavy (non-hydrogen) atoms. The van der Waals surface area contributed by atoms with Crippen LogP contribution in [0.5, 0.6) is 0 Å². The molecule has 1 aromatic heterocycles. The van der Waals surface area contributed by atoms with E-state index in [4.69, 9.17) is 0 Å². The van der Waals surface area contributed by atoms with Gasteiger partial charge in [0.25, 0.3) is 5.91 Å². The molecule has 3 rings (SSSR count). The third kappa shape index (κ3) is 3.59. The largest absolute Gasteiger partial charge is 0.369 e. The van der Waals surface area contributed by atoms with Crippen molar-refractivity contribution in [3.8, 4) is 0 Å². The Labute approximate surface area is 138 Å². The minimum atomic E-state index is -0.261. The summed E-state index contributed by atoms with van der Waals surface area (Å²) in [6.45, 7) is 3.72. The summed E-state index contributed by atoms with van der Waals surface area (Å²) in [6.07, 6.45) is 3.70. The van der Waals surface area contributed by atoms with E-state index in [9.17, 15) is 9.18 Å². The molecule has 0 atom stereocenters. The molecule has 1 N–H and O–H groups in total. The molecular weight excluding hydrogens is 313 g/mol. The summed E-state index contributed by atoms with van der Waals surface area (Å²) in [5.74, 6) is -0.508. The standard InChI is InChI=1S/C17H18FN3OS/c1-12-9-15(21-6-2-3-7-21)14(18)10-13(12)11-19-20-17(22)16-5-4-8-23-16/h4-5,8-11H,2-3,6-7H2,1H3,(H,20,22). The van der Waals surface area contributed by atoms with Gasteiger partial charge in [-0.1, -0.05) is 6.07 Å². The Kier molecular flexibility index (Phi) is 4.71. The van der Waals surface area contributed by atoms with E-state index in [2.05, 4.69) is 15.4 Å². The second kappa shape index (κ2) is 6.91. The molecule has 0 unspecified atom stereocenters. The van der Waals surface area contributed by atoms with E-state index in [0.29, 0.717) is 16.1 Å². The van der Waals surface area contributed by atoms with Gasteiger partial charge in [-0.05, 0) is 48.9 Å². The van der Waals surface area contributed by atoms with Gasteiger partial charge in [-0.2, -0.15) is 5.10 Å². The molecule has 2 aromatic rings. The second-order valence-electron chi connectivity index (χ2n) is 5.53. The molecule has 0 aliphatic carbocycles. The maximum Gasteiger partial charge on any atom is 0.281 e. The number of carbonyl (C=O) groups excluding carboxylic acids is 1. The lowest BCUT2D eigenvalue weighted by molar-refractivity contribution is 0.0959. The number of hydrazone groups is 1. The first-order chi connectivity index (χ1) is 11.1. The molecule has 6 heteroatoms. The number of hydrogen-bond donors (Lipinski definition) is 1. The number of hydrogen-bond acceptors (Lipinski definition) is 4. The molecular formula is C17H18FN3OS. The molecule has 1 aliphatic rings. The van der Waals surface area contributed by atoms with Crippen LogP contribution in [-0.2, 0) is 0 Å². The average Bonchev–Trinajstić information content (AvgIpc) is 3.22. The van der Waals surface area contributed by atoms with Crippen LogP contribution >= 0.6 is 11.3 Å². The van der Waals surface area contributed by atoms with Gasteiger partial charge >= 0.3 is 0 Å². The molecule has 0 bridgehead atoms. The topological polar surface area (TPSA) is 44.7 Å². The Morgan fingerprint density at radius 2 is 2.17 bits per heavy atom. The van der Waals surface area contributed by atoms with Crippen molar-refractivity contribution in [2.45, 2.75) is 19.8 Å². The zero-order valence-corrected chi connectivity index (χ0v) is 13.7. The summed E-state index contributed by atoms with van der Waals surface area (Å²) in [5.41, 5.74) is 4.71. The second-order valence-corrected chi connectivity index (χ2v) is 6.48. The Hall–Kier alpha value is -2.21. The molecule has 1 aromatic carbocycles. The summed E-state index contributed by atoms with van der Waals surface area (Å²) >= 11 is 1.35. The minimum absolute atomic E-state index is 0.247. The normalized spacial score (nSPS) is 14.6. The van der Waals surface area contributed by atoms with Crippen LogP contribution in [-0.4, -0.2) is 25.2 Å². The van der Waals surface area contributed by atoms with Gasteiger partial charge in [0.1, 0.15) is 5.82 Å². The number of nitrogens with one attached hydrogen (secondary N) is 1. The fourth-order valence-electron chi connectivity index (χ4n) is 2.64. The molecule has 1 aliphatic heterocycles. The van der Waals surface area contributed by atoms with Crippen molar-refractivity contribution in [2.24, 2.45) is 5.10 Å². The number of benzene rings is 1. The predicted octanol–water partition coefficient (Wildman–Crippen LogP) is 3.56. The van der Waals surface area contributed by atoms with E-state index in [0.717, 1.165) is 31.5 Å². The van der Waals surface area contributed by atoms with Gasteiger partial charge in [0.2, 0.25) is 0 Å². The summed E-state index contributed by atoms with van der Waals surface area (Å²) < 4.78 is 14.3. The van der Waals surface area contributed by atoms with E-state index >= 15 is 0 Å². The third-order valence-electron chi connectivity index (χ3n) is 3.90. The van der Waals surface area contributed by atoms with Gasteiger partial charge < -0.3 is 4.90 Å². The highest BCUT2D eigenvalue weighted by molar-refractivity contribution is 7.12. The first kappa shape index (κ1) is 15.7. The van der Waals surface area contributed by atoms with E-state index in [1.165, 1.54) is 23.6 Å². The van der Waals surface area contributed by atoms with Crippen LogP contribution in [0.25, 0.3) is 0 Å². The fourth-order valence-corrected chi connectivity index (χ4v) is 3.26. The van der Waals surface area contributed by atoms with Crippen molar-refractivity contribution < 1.29 is 9.18 Å². The molecule has 1 saturated heterocycles. The SMILES string of the molecule is Cc1cc(N2CCCC2)c(F)cc1C=NNC(=O)c1cccs1. The van der Waals surface area contributed by atoms with E-state index in [1.54, 1.807) is 12.1 Å². The number of nitrogens with zero attached hydrogens (tertiary/aromatic N) is 2. The molecule has 0 saturated carbocycles. The summed E-state index contributed by atoms with van der Waals surface area (Å²) in [7, 11) is 0. The number of halogens is 1. The van der Waals surface area contributed by atoms with E-state index < -0.39 is 0 Å². The van der Waals surface area contributed by atoms with Crippen molar-refractivity contribution in [1.29, 1.82) is 0 Å². The number of carbonyl (C=O) groups is 1. The van der Waals surface area contributed by atoms with Crippen molar-refractivity contribution in [3.63, 3.8) is 0 Å². The highest BCUT2D eigenvalue weighted by atomic mass is 32.1. The third-order valence-corrected chi connectivity index (χ3v) is 4.77. The van der Waals surface area contributed by atoms with Gasteiger partial charge in [-0.25, -0.2) is 9.82 Å². The first-order valence-corrected chi connectivity index (χ1v) is 8.45. The van der Waals surface area contributed by atoms with Crippen molar-refractivity contribution in [2.75, 3.05) is 18.0 Å². The molecule has 0 spiro atoms. The van der Waals surface area contributed by atoms with Gasteiger partial charge in [0.05, 0.1) is 16.8 Å².